The van der Waals surface area contributed by atoms with E-state index in [0.717, 1.165) is 22.2 Å². The molecule has 0 saturated heterocycles. The number of anilines is 1. The number of rotatable bonds is 5. The highest BCUT2D eigenvalue weighted by molar-refractivity contribution is 8.02. The highest BCUT2D eigenvalue weighted by Crippen LogP contribution is 2.29. The summed E-state index contributed by atoms with van der Waals surface area (Å²) in [4.78, 5) is 20.9. The summed E-state index contributed by atoms with van der Waals surface area (Å²) in [6.07, 6.45) is 0. The van der Waals surface area contributed by atoms with E-state index in [4.69, 9.17) is 0 Å². The topological polar surface area (TPSA) is 54.9 Å². The van der Waals surface area contributed by atoms with Crippen molar-refractivity contribution in [3.63, 3.8) is 0 Å². The number of thiazole rings is 2. The van der Waals surface area contributed by atoms with Crippen molar-refractivity contribution in [3.05, 3.63) is 46.3 Å². The summed E-state index contributed by atoms with van der Waals surface area (Å²) < 4.78 is 27.2. The van der Waals surface area contributed by atoms with Crippen molar-refractivity contribution in [1.82, 2.24) is 9.97 Å². The number of benzene rings is 1. The van der Waals surface area contributed by atoms with Gasteiger partial charge < -0.3 is 5.32 Å². The van der Waals surface area contributed by atoms with Gasteiger partial charge in [-0.3, -0.25) is 4.79 Å². The van der Waals surface area contributed by atoms with Crippen LogP contribution in [0.2, 0.25) is 0 Å². The van der Waals surface area contributed by atoms with Gasteiger partial charge in [0.2, 0.25) is 5.91 Å². The second-order valence-electron chi connectivity index (χ2n) is 5.17. The van der Waals surface area contributed by atoms with Gasteiger partial charge in [0.1, 0.15) is 0 Å². The minimum Gasteiger partial charge on any atom is -0.301 e. The lowest BCUT2D eigenvalue weighted by Gasteiger charge is -2.08. The van der Waals surface area contributed by atoms with Gasteiger partial charge in [-0.25, -0.2) is 18.7 Å². The molecule has 0 bridgehead atoms. The number of hydrogen-bond acceptors (Lipinski definition) is 6. The van der Waals surface area contributed by atoms with Crippen LogP contribution in [0, 0.1) is 18.6 Å². The molecule has 130 valence electrons. The summed E-state index contributed by atoms with van der Waals surface area (Å²) in [7, 11) is 0. The van der Waals surface area contributed by atoms with Crippen molar-refractivity contribution in [1.29, 1.82) is 0 Å². The lowest BCUT2D eigenvalue weighted by molar-refractivity contribution is -0.115. The van der Waals surface area contributed by atoms with Crippen LogP contribution in [-0.4, -0.2) is 21.1 Å². The standard InChI is InChI=1S/C16H13F2N3OS3/c1-8-6-24-16(19-8)25-9(2)14(22)21-15-20-13(7-23-15)10-3-4-11(17)12(18)5-10/h3-7,9H,1-2H3,(H,20,21,22)/t9-/m1/s1. The van der Waals surface area contributed by atoms with Crippen molar-refractivity contribution >= 4 is 45.5 Å². The van der Waals surface area contributed by atoms with Crippen LogP contribution in [0.4, 0.5) is 13.9 Å². The molecule has 2 aromatic heterocycles. The van der Waals surface area contributed by atoms with E-state index in [0.29, 0.717) is 16.4 Å². The number of aryl methyl sites for hydroxylation is 1. The van der Waals surface area contributed by atoms with Gasteiger partial charge in [-0.15, -0.1) is 22.7 Å². The normalized spacial score (nSPS) is 12.2. The molecule has 3 aromatic rings. The Morgan fingerprint density at radius 3 is 2.68 bits per heavy atom. The maximum Gasteiger partial charge on any atom is 0.239 e. The fourth-order valence-electron chi connectivity index (χ4n) is 1.92. The van der Waals surface area contributed by atoms with Gasteiger partial charge in [0.05, 0.1) is 10.9 Å². The van der Waals surface area contributed by atoms with Crippen molar-refractivity contribution in [3.8, 4) is 11.3 Å². The molecule has 0 aliphatic rings. The molecule has 4 nitrogen and oxygen atoms in total. The number of halogens is 2. The van der Waals surface area contributed by atoms with E-state index in [1.54, 1.807) is 12.3 Å². The molecule has 0 aliphatic heterocycles. The lowest BCUT2D eigenvalue weighted by atomic mass is 10.2. The second kappa shape index (κ2) is 7.59. The quantitative estimate of drug-likeness (QED) is 0.618. The summed E-state index contributed by atoms with van der Waals surface area (Å²) in [5.74, 6) is -2.03. The van der Waals surface area contributed by atoms with Crippen LogP contribution in [-0.2, 0) is 4.79 Å². The Hall–Kier alpha value is -1.84. The maximum absolute atomic E-state index is 13.3. The van der Waals surface area contributed by atoms with Crippen molar-refractivity contribution in [2.45, 2.75) is 23.4 Å². The van der Waals surface area contributed by atoms with E-state index in [1.165, 1.54) is 40.5 Å². The van der Waals surface area contributed by atoms with Gasteiger partial charge in [-0.2, -0.15) is 0 Å². The number of aromatic nitrogens is 2. The molecule has 25 heavy (non-hydrogen) atoms. The van der Waals surface area contributed by atoms with Crippen molar-refractivity contribution < 1.29 is 13.6 Å². The van der Waals surface area contributed by atoms with E-state index < -0.39 is 11.6 Å². The molecular weight excluding hydrogens is 384 g/mol. The Balaban J connectivity index is 1.66. The van der Waals surface area contributed by atoms with E-state index in [9.17, 15) is 13.6 Å². The van der Waals surface area contributed by atoms with Gasteiger partial charge in [-0.05, 0) is 32.0 Å². The van der Waals surface area contributed by atoms with Gasteiger partial charge in [0, 0.05) is 22.0 Å². The Morgan fingerprint density at radius 1 is 1.20 bits per heavy atom. The second-order valence-corrected chi connectivity index (χ2v) is 8.48. The molecule has 1 atom stereocenters. The largest absolute Gasteiger partial charge is 0.301 e. The van der Waals surface area contributed by atoms with E-state index in [1.807, 2.05) is 12.3 Å². The summed E-state index contributed by atoms with van der Waals surface area (Å²) in [5.41, 5.74) is 1.86. The smallest absolute Gasteiger partial charge is 0.239 e. The molecule has 9 heteroatoms. The number of amides is 1. The molecule has 0 aliphatic carbocycles. The van der Waals surface area contributed by atoms with Crippen molar-refractivity contribution in [2.75, 3.05) is 5.32 Å². The van der Waals surface area contributed by atoms with E-state index in [2.05, 4.69) is 15.3 Å². The third-order valence-corrected chi connectivity index (χ3v) is 6.14. The summed E-state index contributed by atoms with van der Waals surface area (Å²) in [6, 6.07) is 3.58. The molecule has 0 spiro atoms. The third kappa shape index (κ3) is 4.42. The Labute approximate surface area is 155 Å². The first-order valence-electron chi connectivity index (χ1n) is 7.23. The molecule has 0 saturated carbocycles. The number of thioether (sulfide) groups is 1. The average molecular weight is 397 g/mol. The molecule has 1 aromatic carbocycles. The Kier molecular flexibility index (Phi) is 5.45. The van der Waals surface area contributed by atoms with Gasteiger partial charge >= 0.3 is 0 Å². The molecule has 1 amide bonds. The van der Waals surface area contributed by atoms with Crippen LogP contribution in [0.15, 0.2) is 33.3 Å². The molecule has 3 rings (SSSR count). The van der Waals surface area contributed by atoms with E-state index >= 15 is 0 Å². The summed E-state index contributed by atoms with van der Waals surface area (Å²) in [5, 5.41) is 6.44. The molecule has 0 unspecified atom stereocenters. The summed E-state index contributed by atoms with van der Waals surface area (Å²) in [6.45, 7) is 3.70. The highest BCUT2D eigenvalue weighted by atomic mass is 32.2. The maximum atomic E-state index is 13.3. The fraction of sp³-hybridized carbons (Fsp3) is 0.188. The Bertz CT molecular complexity index is 910. The van der Waals surface area contributed by atoms with Crippen LogP contribution in [0.5, 0.6) is 0 Å². The summed E-state index contributed by atoms with van der Waals surface area (Å²) >= 11 is 4.11. The molecule has 2 heterocycles. The predicted octanol–water partition coefficient (Wildman–Crippen LogP) is 4.97. The first-order chi connectivity index (χ1) is 11.9. The highest BCUT2D eigenvalue weighted by Gasteiger charge is 2.18. The van der Waals surface area contributed by atoms with Crippen molar-refractivity contribution in [2.24, 2.45) is 0 Å². The van der Waals surface area contributed by atoms with E-state index in [-0.39, 0.29) is 11.2 Å². The lowest BCUT2D eigenvalue weighted by Crippen LogP contribution is -2.22. The zero-order chi connectivity index (χ0) is 18.0. The minimum absolute atomic E-state index is 0.191. The van der Waals surface area contributed by atoms with Gasteiger partial charge in [0.25, 0.3) is 0 Å². The minimum atomic E-state index is -0.931. The monoisotopic (exact) mass is 397 g/mol. The van der Waals surface area contributed by atoms with Gasteiger partial charge in [0.15, 0.2) is 21.1 Å². The van der Waals surface area contributed by atoms with Crippen LogP contribution < -0.4 is 5.32 Å². The molecule has 1 N–H and O–H groups in total. The average Bonchev–Trinajstić information content (AvgIpc) is 3.19. The number of nitrogens with zero attached hydrogens (tertiary/aromatic N) is 2. The first-order valence-corrected chi connectivity index (χ1v) is 9.87. The van der Waals surface area contributed by atoms with Crippen LogP contribution >= 0.6 is 34.4 Å². The van der Waals surface area contributed by atoms with Crippen LogP contribution in [0.25, 0.3) is 11.3 Å². The SMILES string of the molecule is Cc1csc(S[C@H](C)C(=O)Nc2nc(-c3ccc(F)c(F)c3)cs2)n1. The number of carbonyl (C=O) groups is 1. The number of nitrogens with one attached hydrogen (secondary N) is 1. The van der Waals surface area contributed by atoms with Crippen LogP contribution in [0.1, 0.15) is 12.6 Å². The molecule has 0 radical (unpaired) electrons. The van der Waals surface area contributed by atoms with Gasteiger partial charge in [-0.1, -0.05) is 11.8 Å². The zero-order valence-corrected chi connectivity index (χ0v) is 15.7. The fourth-order valence-corrected chi connectivity index (χ4v) is 4.63. The molecule has 0 fully saturated rings. The number of hydrogen-bond donors (Lipinski definition) is 1. The first kappa shape index (κ1) is 18.0. The zero-order valence-electron chi connectivity index (χ0n) is 13.2. The molecular formula is C16H13F2N3OS3. The Morgan fingerprint density at radius 2 is 2.00 bits per heavy atom. The van der Waals surface area contributed by atoms with Crippen LogP contribution in [0.3, 0.4) is 0 Å². The predicted molar refractivity (Wildman–Crippen MR) is 98.3 cm³/mol. The number of carbonyl (C=O) groups excluding carboxylic acids is 1. The third-order valence-electron chi connectivity index (χ3n) is 3.19.